The van der Waals surface area contributed by atoms with Gasteiger partial charge in [0.05, 0.1) is 14.2 Å². The summed E-state index contributed by atoms with van der Waals surface area (Å²) < 4.78 is 10.6. The van der Waals surface area contributed by atoms with Crippen LogP contribution in [0.4, 0.5) is 5.69 Å². The number of anilines is 1. The lowest BCUT2D eigenvalue weighted by atomic mass is 10.1. The molecule has 180 valence electrons. The summed E-state index contributed by atoms with van der Waals surface area (Å²) in [5.41, 5.74) is 4.39. The van der Waals surface area contributed by atoms with Crippen LogP contribution in [0.3, 0.4) is 0 Å². The lowest BCUT2D eigenvalue weighted by molar-refractivity contribution is 0.0976. The van der Waals surface area contributed by atoms with Crippen molar-refractivity contribution in [3.8, 4) is 11.5 Å². The number of fused-ring (bicyclic) bond motifs is 1. The van der Waals surface area contributed by atoms with Crippen LogP contribution in [0.25, 0.3) is 10.9 Å². The van der Waals surface area contributed by atoms with Crippen LogP contribution in [0.15, 0.2) is 71.9 Å². The highest BCUT2D eigenvalue weighted by Crippen LogP contribution is 2.27. The number of nitrogens with one attached hydrogen (secondary N) is 3. The van der Waals surface area contributed by atoms with Crippen molar-refractivity contribution in [3.05, 3.63) is 88.6 Å². The number of amides is 1. The molecular formula is C27H27ClN4O3. The standard InChI is InChI=1S/C27H27ClN4O3/c1-17-8-10-20(28)15-23(17)31-27(29-13-12-19-16-30-22-7-5-4-6-21(19)22)32-26(33)18-9-11-24(34-2)25(14-18)35-3/h4-11,14-16,30H,12-13H2,1-3H3,(H2,29,31,32,33). The Labute approximate surface area is 209 Å². The zero-order chi connectivity index (χ0) is 24.8. The molecule has 0 spiro atoms. The number of aromatic nitrogens is 1. The summed E-state index contributed by atoms with van der Waals surface area (Å²) >= 11 is 6.19. The van der Waals surface area contributed by atoms with E-state index < -0.39 is 0 Å². The lowest BCUT2D eigenvalue weighted by Gasteiger charge is -2.15. The number of benzene rings is 3. The first-order valence-electron chi connectivity index (χ1n) is 11.1. The Balaban J connectivity index is 1.57. The molecule has 0 aliphatic rings. The number of ether oxygens (including phenoxy) is 2. The third-order valence-electron chi connectivity index (χ3n) is 5.66. The highest BCUT2D eigenvalue weighted by molar-refractivity contribution is 6.31. The maximum atomic E-state index is 13.1. The summed E-state index contributed by atoms with van der Waals surface area (Å²) in [7, 11) is 3.08. The third-order valence-corrected chi connectivity index (χ3v) is 5.89. The van der Waals surface area contributed by atoms with Gasteiger partial charge in [-0.25, -0.2) is 0 Å². The number of nitrogens with zero attached hydrogens (tertiary/aromatic N) is 1. The van der Waals surface area contributed by atoms with E-state index in [0.29, 0.717) is 41.0 Å². The van der Waals surface area contributed by atoms with E-state index in [1.165, 1.54) is 7.11 Å². The van der Waals surface area contributed by atoms with Crippen molar-refractivity contribution in [2.24, 2.45) is 4.99 Å². The predicted octanol–water partition coefficient (Wildman–Crippen LogP) is 5.59. The lowest BCUT2D eigenvalue weighted by Crippen LogP contribution is -2.36. The maximum Gasteiger partial charge on any atom is 0.258 e. The molecule has 0 bridgehead atoms. The largest absolute Gasteiger partial charge is 0.493 e. The van der Waals surface area contributed by atoms with E-state index in [-0.39, 0.29) is 5.91 Å². The molecule has 1 heterocycles. The van der Waals surface area contributed by atoms with Crippen molar-refractivity contribution < 1.29 is 14.3 Å². The van der Waals surface area contributed by atoms with Crippen molar-refractivity contribution in [3.63, 3.8) is 0 Å². The van der Waals surface area contributed by atoms with Crippen LogP contribution in [0.5, 0.6) is 11.5 Å². The summed E-state index contributed by atoms with van der Waals surface area (Å²) in [5.74, 6) is 1.01. The van der Waals surface area contributed by atoms with Gasteiger partial charge in [-0.15, -0.1) is 0 Å². The second-order valence-corrected chi connectivity index (χ2v) is 8.38. The van der Waals surface area contributed by atoms with Gasteiger partial charge in [-0.2, -0.15) is 0 Å². The number of aromatic amines is 1. The van der Waals surface area contributed by atoms with Crippen LogP contribution < -0.4 is 20.1 Å². The molecule has 0 atom stereocenters. The molecule has 0 aliphatic carbocycles. The summed E-state index contributed by atoms with van der Waals surface area (Å²) in [5, 5.41) is 7.86. The minimum Gasteiger partial charge on any atom is -0.493 e. The average molecular weight is 491 g/mol. The molecule has 3 N–H and O–H groups in total. The first kappa shape index (κ1) is 24.2. The molecule has 7 nitrogen and oxygen atoms in total. The second-order valence-electron chi connectivity index (χ2n) is 7.95. The van der Waals surface area contributed by atoms with Gasteiger partial charge in [-0.05, 0) is 60.9 Å². The monoisotopic (exact) mass is 490 g/mol. The van der Waals surface area contributed by atoms with E-state index >= 15 is 0 Å². The summed E-state index contributed by atoms with van der Waals surface area (Å²) in [6.45, 7) is 2.42. The number of H-pyrrole nitrogens is 1. The molecule has 8 heteroatoms. The van der Waals surface area contributed by atoms with Gasteiger partial charge in [0.2, 0.25) is 5.96 Å². The number of aryl methyl sites for hydroxylation is 1. The second kappa shape index (κ2) is 11.0. The van der Waals surface area contributed by atoms with E-state index in [0.717, 1.165) is 27.7 Å². The first-order valence-corrected chi connectivity index (χ1v) is 11.5. The van der Waals surface area contributed by atoms with Gasteiger partial charge in [0.15, 0.2) is 11.5 Å². The van der Waals surface area contributed by atoms with E-state index in [1.807, 2.05) is 43.5 Å². The normalized spacial score (nSPS) is 11.4. The van der Waals surface area contributed by atoms with Crippen molar-refractivity contribution in [1.29, 1.82) is 0 Å². The molecule has 0 radical (unpaired) electrons. The molecule has 0 saturated heterocycles. The van der Waals surface area contributed by atoms with Crippen molar-refractivity contribution in [2.75, 3.05) is 26.1 Å². The molecule has 4 aromatic rings. The van der Waals surface area contributed by atoms with Gasteiger partial charge in [-0.1, -0.05) is 35.9 Å². The van der Waals surface area contributed by atoms with Crippen LogP contribution in [0.1, 0.15) is 21.5 Å². The zero-order valence-electron chi connectivity index (χ0n) is 19.8. The van der Waals surface area contributed by atoms with Gasteiger partial charge in [-0.3, -0.25) is 15.1 Å². The number of carbonyl (C=O) groups is 1. The fraction of sp³-hybridized carbons (Fsp3) is 0.185. The fourth-order valence-corrected chi connectivity index (χ4v) is 3.92. The Morgan fingerprint density at radius 1 is 1.03 bits per heavy atom. The van der Waals surface area contributed by atoms with Crippen LogP contribution in [-0.4, -0.2) is 37.6 Å². The van der Waals surface area contributed by atoms with Gasteiger partial charge in [0.1, 0.15) is 0 Å². The average Bonchev–Trinajstić information content (AvgIpc) is 3.28. The van der Waals surface area contributed by atoms with Crippen LogP contribution in [0.2, 0.25) is 5.02 Å². The highest BCUT2D eigenvalue weighted by Gasteiger charge is 2.14. The molecule has 35 heavy (non-hydrogen) atoms. The Morgan fingerprint density at radius 2 is 1.83 bits per heavy atom. The molecular weight excluding hydrogens is 464 g/mol. The molecule has 1 amide bonds. The highest BCUT2D eigenvalue weighted by atomic mass is 35.5. The number of guanidine groups is 1. The van der Waals surface area contributed by atoms with Crippen molar-refractivity contribution >= 4 is 40.1 Å². The number of aliphatic imine (C=N–C) groups is 1. The molecule has 1 aromatic heterocycles. The van der Waals surface area contributed by atoms with E-state index in [2.05, 4.69) is 26.7 Å². The maximum absolute atomic E-state index is 13.1. The number of rotatable bonds is 7. The van der Waals surface area contributed by atoms with Gasteiger partial charge in [0.25, 0.3) is 5.91 Å². The van der Waals surface area contributed by atoms with Crippen molar-refractivity contribution in [2.45, 2.75) is 13.3 Å². The molecule has 4 rings (SSSR count). The van der Waals surface area contributed by atoms with E-state index in [1.54, 1.807) is 31.4 Å². The number of halogens is 1. The van der Waals surface area contributed by atoms with Crippen LogP contribution in [-0.2, 0) is 6.42 Å². The molecule has 0 fully saturated rings. The number of methoxy groups -OCH3 is 2. The Kier molecular flexibility index (Phi) is 7.57. The third kappa shape index (κ3) is 5.75. The predicted molar refractivity (Wildman–Crippen MR) is 141 cm³/mol. The summed E-state index contributed by atoms with van der Waals surface area (Å²) in [4.78, 5) is 21.0. The number of hydrogen-bond acceptors (Lipinski definition) is 4. The topological polar surface area (TPSA) is 87.7 Å². The summed E-state index contributed by atoms with van der Waals surface area (Å²) in [6, 6.07) is 18.7. The molecule has 0 unspecified atom stereocenters. The first-order chi connectivity index (χ1) is 17.0. The van der Waals surface area contributed by atoms with E-state index in [4.69, 9.17) is 21.1 Å². The number of para-hydroxylation sites is 1. The number of hydrogen-bond donors (Lipinski definition) is 3. The van der Waals surface area contributed by atoms with Gasteiger partial charge < -0.3 is 19.8 Å². The zero-order valence-corrected chi connectivity index (χ0v) is 20.6. The van der Waals surface area contributed by atoms with Crippen LogP contribution >= 0.6 is 11.6 Å². The van der Waals surface area contributed by atoms with Crippen LogP contribution in [0, 0.1) is 6.92 Å². The van der Waals surface area contributed by atoms with E-state index in [9.17, 15) is 4.79 Å². The molecule has 0 aliphatic heterocycles. The SMILES string of the molecule is COc1ccc(C(=O)NC(=NCCc2c[nH]c3ccccc23)Nc2cc(Cl)ccc2C)cc1OC. The number of carbonyl (C=O) groups excluding carboxylic acids is 1. The molecule has 3 aromatic carbocycles. The van der Waals surface area contributed by atoms with Crippen molar-refractivity contribution in [1.82, 2.24) is 10.3 Å². The molecule has 0 saturated carbocycles. The summed E-state index contributed by atoms with van der Waals surface area (Å²) in [6.07, 6.45) is 2.70. The minimum atomic E-state index is -0.330. The quantitative estimate of drug-likeness (QED) is 0.233. The Bertz CT molecular complexity index is 1380. The Morgan fingerprint density at radius 3 is 2.63 bits per heavy atom. The van der Waals surface area contributed by atoms with Gasteiger partial charge >= 0.3 is 0 Å². The fourth-order valence-electron chi connectivity index (χ4n) is 3.75. The Hall–Kier alpha value is -3.97. The smallest absolute Gasteiger partial charge is 0.258 e. The minimum absolute atomic E-state index is 0.329. The van der Waals surface area contributed by atoms with Gasteiger partial charge in [0, 0.05) is 39.9 Å².